The molecule has 3 N–H and O–H groups in total. The van der Waals surface area contributed by atoms with Crippen LogP contribution in [0.15, 0.2) is 77.9 Å². The Balaban J connectivity index is 1.04. The second-order valence-corrected chi connectivity index (χ2v) is 12.8. The summed E-state index contributed by atoms with van der Waals surface area (Å²) < 4.78 is 53.6. The van der Waals surface area contributed by atoms with Gasteiger partial charge in [-0.2, -0.15) is 0 Å². The Morgan fingerprint density at radius 1 is 1.04 bits per heavy atom. The molecule has 0 radical (unpaired) electrons. The van der Waals surface area contributed by atoms with E-state index in [1.54, 1.807) is 30.6 Å². The standard InChI is InChI=1S/C39H38F2N4O7/c1-49-34-20-29-31(21-35(34)50-16-3-14-42-25-4-2-5-28(46)18-25)43-15-12-32(29)52-33-11-8-26(19-30(33)41)44-38(47)36-37-23(13-17-51-37)22-45(39(36)48)27-9-6-24(40)7-10-27/h6-12,15,19-22,25,28,42,46H,2-5,13-14,16-18H2,1H3,(H,44,47). The highest BCUT2D eigenvalue weighted by Crippen LogP contribution is 2.38. The van der Waals surface area contributed by atoms with Crippen molar-refractivity contribution in [2.45, 2.75) is 50.7 Å². The third-order valence-electron chi connectivity index (χ3n) is 9.24. The van der Waals surface area contributed by atoms with Gasteiger partial charge in [0.15, 0.2) is 23.1 Å². The van der Waals surface area contributed by atoms with Crippen molar-refractivity contribution in [3.63, 3.8) is 0 Å². The summed E-state index contributed by atoms with van der Waals surface area (Å²) in [6.07, 6.45) is 7.86. The van der Waals surface area contributed by atoms with Crippen molar-refractivity contribution < 1.29 is 37.6 Å². The molecule has 52 heavy (non-hydrogen) atoms. The van der Waals surface area contributed by atoms with Crippen LogP contribution >= 0.6 is 0 Å². The predicted molar refractivity (Wildman–Crippen MR) is 190 cm³/mol. The molecule has 3 aromatic carbocycles. The maximum atomic E-state index is 15.5. The average Bonchev–Trinajstić information content (AvgIpc) is 3.60. The van der Waals surface area contributed by atoms with E-state index in [2.05, 4.69) is 15.6 Å². The van der Waals surface area contributed by atoms with Gasteiger partial charge in [-0.1, -0.05) is 0 Å². The van der Waals surface area contributed by atoms with E-state index < -0.39 is 23.1 Å². The molecule has 0 spiro atoms. The highest BCUT2D eigenvalue weighted by molar-refractivity contribution is 6.06. The number of pyridine rings is 2. The number of anilines is 1. The molecule has 0 bridgehead atoms. The van der Waals surface area contributed by atoms with E-state index in [1.807, 2.05) is 0 Å². The van der Waals surface area contributed by atoms with Crippen LogP contribution in [0.2, 0.25) is 0 Å². The highest BCUT2D eigenvalue weighted by atomic mass is 19.1. The Morgan fingerprint density at radius 2 is 1.88 bits per heavy atom. The first-order chi connectivity index (χ1) is 25.3. The van der Waals surface area contributed by atoms with Crippen molar-refractivity contribution in [3.05, 3.63) is 106 Å². The Bertz CT molecular complexity index is 2160. The number of halogens is 2. The zero-order valence-electron chi connectivity index (χ0n) is 28.5. The van der Waals surface area contributed by atoms with Crippen LogP contribution in [0.3, 0.4) is 0 Å². The maximum Gasteiger partial charge on any atom is 0.271 e. The molecule has 1 aliphatic heterocycles. The summed E-state index contributed by atoms with van der Waals surface area (Å²) in [6, 6.07) is 14.6. The zero-order chi connectivity index (χ0) is 36.2. The Kier molecular flexibility index (Phi) is 10.3. The number of hydrogen-bond donors (Lipinski definition) is 3. The number of benzene rings is 3. The Labute approximate surface area is 298 Å². The van der Waals surface area contributed by atoms with Crippen LogP contribution in [0.25, 0.3) is 16.6 Å². The number of aliphatic hydroxyl groups is 1. The van der Waals surface area contributed by atoms with Gasteiger partial charge in [0.05, 0.1) is 31.9 Å². The topological polar surface area (TPSA) is 133 Å². The molecule has 2 atom stereocenters. The van der Waals surface area contributed by atoms with Crippen molar-refractivity contribution in [2.24, 2.45) is 0 Å². The van der Waals surface area contributed by atoms with Gasteiger partial charge in [0, 0.05) is 59.3 Å². The highest BCUT2D eigenvalue weighted by Gasteiger charge is 2.27. The summed E-state index contributed by atoms with van der Waals surface area (Å²) >= 11 is 0. The van der Waals surface area contributed by atoms with Crippen LogP contribution in [0, 0.1) is 11.6 Å². The number of rotatable bonds is 12. The van der Waals surface area contributed by atoms with Gasteiger partial charge in [0.25, 0.3) is 11.5 Å². The fourth-order valence-electron chi connectivity index (χ4n) is 6.62. The minimum atomic E-state index is -0.779. The third-order valence-corrected chi connectivity index (χ3v) is 9.24. The first-order valence-corrected chi connectivity index (χ1v) is 17.2. The van der Waals surface area contributed by atoms with Crippen LogP contribution < -0.4 is 35.1 Å². The summed E-state index contributed by atoms with van der Waals surface area (Å²) in [6.45, 7) is 1.49. The van der Waals surface area contributed by atoms with Gasteiger partial charge in [0.1, 0.15) is 22.9 Å². The van der Waals surface area contributed by atoms with E-state index in [4.69, 9.17) is 18.9 Å². The van der Waals surface area contributed by atoms with Gasteiger partial charge in [0.2, 0.25) is 0 Å². The van der Waals surface area contributed by atoms with Crippen molar-refractivity contribution in [1.82, 2.24) is 14.9 Å². The molecule has 11 nitrogen and oxygen atoms in total. The molecule has 2 aliphatic rings. The molecule has 2 unspecified atom stereocenters. The van der Waals surface area contributed by atoms with E-state index in [-0.39, 0.29) is 35.5 Å². The number of ether oxygens (including phenoxy) is 4. The summed E-state index contributed by atoms with van der Waals surface area (Å²) in [4.78, 5) is 31.4. The molecule has 0 saturated heterocycles. The number of methoxy groups -OCH3 is 1. The number of aliphatic hydroxyl groups excluding tert-OH is 1. The number of nitrogens with one attached hydrogen (secondary N) is 2. The maximum absolute atomic E-state index is 15.5. The summed E-state index contributed by atoms with van der Waals surface area (Å²) in [5.41, 5.74) is 0.773. The first kappa shape index (κ1) is 34.9. The summed E-state index contributed by atoms with van der Waals surface area (Å²) in [5.74, 6) is -0.643. The van der Waals surface area contributed by atoms with Crippen LogP contribution in [-0.4, -0.2) is 59.6 Å². The molecule has 5 aromatic rings. The molecule has 3 heterocycles. The smallest absolute Gasteiger partial charge is 0.271 e. The van der Waals surface area contributed by atoms with Gasteiger partial charge in [-0.05, 0) is 87.2 Å². The number of amides is 1. The number of nitrogens with zero attached hydrogens (tertiary/aromatic N) is 2. The Hall–Kier alpha value is -5.53. The van der Waals surface area contributed by atoms with E-state index in [0.29, 0.717) is 58.5 Å². The summed E-state index contributed by atoms with van der Waals surface area (Å²) in [5, 5.41) is 16.6. The SMILES string of the molecule is COc1cc2c(Oc3ccc(NC(=O)c4c5c(cn(-c6ccc(F)cc6)c4=O)CCO5)cc3F)ccnc2cc1OCCCNC1CCCC(O)C1. The number of carbonyl (C=O) groups is 1. The van der Waals surface area contributed by atoms with E-state index in [0.717, 1.165) is 44.7 Å². The predicted octanol–water partition coefficient (Wildman–Crippen LogP) is 6.31. The number of aromatic nitrogens is 2. The molecular formula is C39H38F2N4O7. The van der Waals surface area contributed by atoms with E-state index in [9.17, 15) is 19.1 Å². The molecule has 1 saturated carbocycles. The first-order valence-electron chi connectivity index (χ1n) is 17.2. The molecule has 7 rings (SSSR count). The van der Waals surface area contributed by atoms with Gasteiger partial charge in [-0.3, -0.25) is 19.1 Å². The lowest BCUT2D eigenvalue weighted by molar-refractivity contribution is 0.102. The minimum Gasteiger partial charge on any atom is -0.493 e. The van der Waals surface area contributed by atoms with Gasteiger partial charge >= 0.3 is 0 Å². The molecule has 1 fully saturated rings. The van der Waals surface area contributed by atoms with Crippen LogP contribution in [0.1, 0.15) is 48.0 Å². The molecular weight excluding hydrogens is 674 g/mol. The van der Waals surface area contributed by atoms with Gasteiger partial charge < -0.3 is 34.7 Å². The van der Waals surface area contributed by atoms with Gasteiger partial charge in [-0.15, -0.1) is 0 Å². The fourth-order valence-corrected chi connectivity index (χ4v) is 6.62. The lowest BCUT2D eigenvalue weighted by Gasteiger charge is -2.26. The fraction of sp³-hybridized carbons (Fsp3) is 0.308. The van der Waals surface area contributed by atoms with Crippen molar-refractivity contribution in [1.29, 1.82) is 0 Å². The zero-order valence-corrected chi connectivity index (χ0v) is 28.5. The second kappa shape index (κ2) is 15.4. The van der Waals surface area contributed by atoms with E-state index >= 15 is 4.39 Å². The summed E-state index contributed by atoms with van der Waals surface area (Å²) in [7, 11) is 1.53. The van der Waals surface area contributed by atoms with Crippen LogP contribution in [0.4, 0.5) is 14.5 Å². The Morgan fingerprint density at radius 3 is 2.67 bits per heavy atom. The number of carbonyl (C=O) groups excluding carboxylic acids is 1. The monoisotopic (exact) mass is 712 g/mol. The number of hydrogen-bond acceptors (Lipinski definition) is 9. The molecule has 13 heteroatoms. The van der Waals surface area contributed by atoms with Crippen molar-refractivity contribution in [3.8, 4) is 34.4 Å². The third kappa shape index (κ3) is 7.55. The normalized spacial score (nSPS) is 16.6. The van der Waals surface area contributed by atoms with Crippen LogP contribution in [0.5, 0.6) is 28.7 Å². The molecule has 270 valence electrons. The number of fused-ring (bicyclic) bond motifs is 2. The largest absolute Gasteiger partial charge is 0.493 e. The van der Waals surface area contributed by atoms with Crippen LogP contribution in [-0.2, 0) is 6.42 Å². The lowest BCUT2D eigenvalue weighted by Crippen LogP contribution is -2.36. The molecule has 2 aromatic heterocycles. The molecule has 1 amide bonds. The lowest BCUT2D eigenvalue weighted by atomic mass is 9.93. The average molecular weight is 713 g/mol. The van der Waals surface area contributed by atoms with E-state index in [1.165, 1.54) is 48.1 Å². The molecule has 1 aliphatic carbocycles. The minimum absolute atomic E-state index is 0.0905. The van der Waals surface area contributed by atoms with Crippen molar-refractivity contribution >= 4 is 22.5 Å². The quantitative estimate of drug-likeness (QED) is 0.127. The second-order valence-electron chi connectivity index (χ2n) is 12.8. The van der Waals surface area contributed by atoms with Gasteiger partial charge in [-0.25, -0.2) is 8.78 Å². The van der Waals surface area contributed by atoms with Crippen molar-refractivity contribution in [2.75, 3.05) is 32.2 Å².